The number of rotatable bonds is 3. The Kier molecular flexibility index (Phi) is 3.89. The molecule has 0 radical (unpaired) electrons. The van der Waals surface area contributed by atoms with Crippen molar-refractivity contribution in [2.24, 2.45) is 0 Å². The molecule has 122 valence electrons. The van der Waals surface area contributed by atoms with Crippen LogP contribution in [-0.4, -0.2) is 31.3 Å². The van der Waals surface area contributed by atoms with Crippen molar-refractivity contribution in [2.45, 2.75) is 63.6 Å². The highest BCUT2D eigenvalue weighted by Gasteiger charge is 2.22. The Bertz CT molecular complexity index is 683. The van der Waals surface area contributed by atoms with E-state index in [2.05, 4.69) is 20.0 Å². The van der Waals surface area contributed by atoms with Crippen LogP contribution in [0, 0.1) is 0 Å². The van der Waals surface area contributed by atoms with Crippen molar-refractivity contribution in [2.75, 3.05) is 0 Å². The third kappa shape index (κ3) is 3.02. The van der Waals surface area contributed by atoms with Crippen molar-refractivity contribution >= 4 is 5.91 Å². The molecule has 2 aromatic rings. The molecule has 0 bridgehead atoms. The standard InChI is InChI=1S/C17H23N5O/c23-17(20-14-6-7-16-18-8-9-21(16)12-14)13-10-19-22(11-13)15-4-2-1-3-5-15/h8-11,14-15H,1-7,12H2,(H,20,23)/t14-/m0/s1. The van der Waals surface area contributed by atoms with Gasteiger partial charge in [0, 0.05) is 37.6 Å². The van der Waals surface area contributed by atoms with Gasteiger partial charge in [-0.2, -0.15) is 5.10 Å². The van der Waals surface area contributed by atoms with E-state index in [1.54, 1.807) is 6.20 Å². The molecule has 2 aromatic heterocycles. The predicted molar refractivity (Wildman–Crippen MR) is 86.2 cm³/mol. The number of nitrogens with one attached hydrogen (secondary N) is 1. The van der Waals surface area contributed by atoms with E-state index in [1.807, 2.05) is 23.3 Å². The zero-order valence-corrected chi connectivity index (χ0v) is 13.3. The molecule has 2 aliphatic rings. The fraction of sp³-hybridized carbons (Fsp3) is 0.588. The van der Waals surface area contributed by atoms with Crippen LogP contribution in [0.3, 0.4) is 0 Å². The number of hydrogen-bond acceptors (Lipinski definition) is 3. The Morgan fingerprint density at radius 3 is 2.96 bits per heavy atom. The number of nitrogens with zero attached hydrogens (tertiary/aromatic N) is 4. The van der Waals surface area contributed by atoms with Gasteiger partial charge in [-0.25, -0.2) is 4.98 Å². The Labute approximate surface area is 135 Å². The minimum atomic E-state index is -0.0133. The van der Waals surface area contributed by atoms with Gasteiger partial charge < -0.3 is 9.88 Å². The van der Waals surface area contributed by atoms with Gasteiger partial charge in [-0.05, 0) is 19.3 Å². The minimum Gasteiger partial charge on any atom is -0.347 e. The van der Waals surface area contributed by atoms with Gasteiger partial charge in [-0.15, -0.1) is 0 Å². The number of imidazole rings is 1. The smallest absolute Gasteiger partial charge is 0.254 e. The summed E-state index contributed by atoms with van der Waals surface area (Å²) in [5.74, 6) is 1.10. The molecule has 1 aliphatic heterocycles. The van der Waals surface area contributed by atoms with Crippen LogP contribution < -0.4 is 5.32 Å². The zero-order valence-electron chi connectivity index (χ0n) is 13.3. The lowest BCUT2D eigenvalue weighted by Gasteiger charge is -2.24. The highest BCUT2D eigenvalue weighted by atomic mass is 16.1. The number of hydrogen-bond donors (Lipinski definition) is 1. The van der Waals surface area contributed by atoms with Crippen LogP contribution in [0.25, 0.3) is 0 Å². The van der Waals surface area contributed by atoms with E-state index < -0.39 is 0 Å². The Morgan fingerprint density at radius 1 is 1.22 bits per heavy atom. The maximum Gasteiger partial charge on any atom is 0.254 e. The van der Waals surface area contributed by atoms with Crippen LogP contribution in [0.5, 0.6) is 0 Å². The summed E-state index contributed by atoms with van der Waals surface area (Å²) in [5, 5.41) is 7.56. The van der Waals surface area contributed by atoms with Crippen molar-refractivity contribution in [3.63, 3.8) is 0 Å². The van der Waals surface area contributed by atoms with Crippen molar-refractivity contribution in [3.05, 3.63) is 36.2 Å². The Balaban J connectivity index is 1.39. The van der Waals surface area contributed by atoms with Gasteiger partial charge in [0.2, 0.25) is 0 Å². The Hall–Kier alpha value is -2.11. The van der Waals surface area contributed by atoms with Crippen molar-refractivity contribution in [3.8, 4) is 0 Å². The van der Waals surface area contributed by atoms with Gasteiger partial charge in [-0.3, -0.25) is 9.48 Å². The van der Waals surface area contributed by atoms with Crippen molar-refractivity contribution in [1.82, 2.24) is 24.6 Å². The summed E-state index contributed by atoms with van der Waals surface area (Å²) >= 11 is 0. The summed E-state index contributed by atoms with van der Waals surface area (Å²) < 4.78 is 4.11. The van der Waals surface area contributed by atoms with E-state index in [0.717, 1.165) is 25.2 Å². The minimum absolute atomic E-state index is 0.0133. The SMILES string of the molecule is O=C(N[C@H]1CCc2nccn2C1)c1cnn(C2CCCCC2)c1. The molecule has 6 heteroatoms. The molecule has 1 N–H and O–H groups in total. The zero-order chi connectivity index (χ0) is 15.6. The molecule has 4 rings (SSSR count). The molecule has 0 unspecified atom stereocenters. The number of aromatic nitrogens is 4. The van der Waals surface area contributed by atoms with E-state index in [1.165, 1.54) is 32.1 Å². The summed E-state index contributed by atoms with van der Waals surface area (Å²) in [7, 11) is 0. The van der Waals surface area contributed by atoms with Gasteiger partial charge >= 0.3 is 0 Å². The first kappa shape index (κ1) is 14.5. The molecule has 3 heterocycles. The fourth-order valence-electron chi connectivity index (χ4n) is 3.75. The van der Waals surface area contributed by atoms with Gasteiger partial charge in [-0.1, -0.05) is 19.3 Å². The topological polar surface area (TPSA) is 64.7 Å². The maximum atomic E-state index is 12.5. The van der Waals surface area contributed by atoms with Crippen LogP contribution in [-0.2, 0) is 13.0 Å². The highest BCUT2D eigenvalue weighted by molar-refractivity contribution is 5.93. The number of fused-ring (bicyclic) bond motifs is 1. The first-order valence-electron chi connectivity index (χ1n) is 8.64. The molecule has 6 nitrogen and oxygen atoms in total. The van der Waals surface area contributed by atoms with E-state index in [9.17, 15) is 4.79 Å². The first-order valence-corrected chi connectivity index (χ1v) is 8.64. The summed E-state index contributed by atoms with van der Waals surface area (Å²) in [6.07, 6.45) is 15.5. The van der Waals surface area contributed by atoms with E-state index in [0.29, 0.717) is 11.6 Å². The first-order chi connectivity index (χ1) is 11.3. The highest BCUT2D eigenvalue weighted by Crippen LogP contribution is 2.27. The Morgan fingerprint density at radius 2 is 2.09 bits per heavy atom. The van der Waals surface area contributed by atoms with E-state index in [-0.39, 0.29) is 11.9 Å². The van der Waals surface area contributed by atoms with Crippen LogP contribution in [0.15, 0.2) is 24.8 Å². The summed E-state index contributed by atoms with van der Waals surface area (Å²) in [4.78, 5) is 16.8. The lowest BCUT2D eigenvalue weighted by molar-refractivity contribution is 0.0927. The summed E-state index contributed by atoms with van der Waals surface area (Å²) in [5.41, 5.74) is 0.673. The van der Waals surface area contributed by atoms with Gasteiger partial charge in [0.05, 0.1) is 17.8 Å². The third-order valence-corrected chi connectivity index (χ3v) is 5.08. The quantitative estimate of drug-likeness (QED) is 0.946. The van der Waals surface area contributed by atoms with E-state index >= 15 is 0 Å². The maximum absolute atomic E-state index is 12.5. The second-order valence-electron chi connectivity index (χ2n) is 6.71. The second kappa shape index (κ2) is 6.18. The predicted octanol–water partition coefficient (Wildman–Crippen LogP) is 2.33. The summed E-state index contributed by atoms with van der Waals surface area (Å²) in [6.45, 7) is 0.803. The fourth-order valence-corrected chi connectivity index (χ4v) is 3.75. The molecule has 1 saturated carbocycles. The molecule has 1 amide bonds. The lowest BCUT2D eigenvalue weighted by atomic mass is 9.96. The van der Waals surface area contributed by atoms with Gasteiger partial charge in [0.25, 0.3) is 5.91 Å². The molecule has 23 heavy (non-hydrogen) atoms. The van der Waals surface area contributed by atoms with Crippen LogP contribution in [0.4, 0.5) is 0 Å². The molecular formula is C17H23N5O. The number of carbonyl (C=O) groups excluding carboxylic acids is 1. The molecule has 0 aromatic carbocycles. The number of amides is 1. The average Bonchev–Trinajstić information content (AvgIpc) is 3.24. The van der Waals surface area contributed by atoms with E-state index in [4.69, 9.17) is 0 Å². The summed E-state index contributed by atoms with van der Waals surface area (Å²) in [6, 6.07) is 0.635. The largest absolute Gasteiger partial charge is 0.347 e. The average molecular weight is 313 g/mol. The van der Waals surface area contributed by atoms with Crippen molar-refractivity contribution < 1.29 is 4.79 Å². The molecule has 0 saturated heterocycles. The van der Waals surface area contributed by atoms with Crippen LogP contribution in [0.1, 0.15) is 60.7 Å². The molecule has 0 spiro atoms. The second-order valence-corrected chi connectivity index (χ2v) is 6.71. The molecular weight excluding hydrogens is 290 g/mol. The molecule has 1 aliphatic carbocycles. The monoisotopic (exact) mass is 313 g/mol. The van der Waals surface area contributed by atoms with Crippen LogP contribution >= 0.6 is 0 Å². The van der Waals surface area contributed by atoms with Crippen LogP contribution in [0.2, 0.25) is 0 Å². The number of carbonyl (C=O) groups is 1. The number of aryl methyl sites for hydroxylation is 1. The normalized spacial score (nSPS) is 21.8. The van der Waals surface area contributed by atoms with Gasteiger partial charge in [0.1, 0.15) is 5.82 Å². The van der Waals surface area contributed by atoms with Gasteiger partial charge in [0.15, 0.2) is 0 Å². The molecule has 1 fully saturated rings. The lowest BCUT2D eigenvalue weighted by Crippen LogP contribution is -2.40. The van der Waals surface area contributed by atoms with Crippen molar-refractivity contribution in [1.29, 1.82) is 0 Å². The third-order valence-electron chi connectivity index (χ3n) is 5.08. The molecule has 1 atom stereocenters.